The number of nitrogens with zero attached hydrogens (tertiary/aromatic N) is 1. The SMILES string of the molecule is CCCN1C(=O)c2ccccc2N[C@H]1c1ccccc1OCC. The van der Waals surface area contributed by atoms with Crippen LogP contribution in [0.2, 0.25) is 0 Å². The summed E-state index contributed by atoms with van der Waals surface area (Å²) >= 11 is 0. The summed E-state index contributed by atoms with van der Waals surface area (Å²) in [6.45, 7) is 5.35. The van der Waals surface area contributed by atoms with Crippen LogP contribution >= 0.6 is 0 Å². The van der Waals surface area contributed by atoms with Crippen LogP contribution in [0.4, 0.5) is 5.69 Å². The molecule has 2 aromatic rings. The molecule has 1 amide bonds. The van der Waals surface area contributed by atoms with E-state index >= 15 is 0 Å². The number of carbonyl (C=O) groups is 1. The Kier molecular flexibility index (Phi) is 4.51. The number of hydrogen-bond donors (Lipinski definition) is 1. The van der Waals surface area contributed by atoms with Crippen molar-refractivity contribution in [2.24, 2.45) is 0 Å². The van der Waals surface area contributed by atoms with Crippen LogP contribution in [0.1, 0.15) is 42.4 Å². The lowest BCUT2D eigenvalue weighted by atomic mass is 10.0. The Morgan fingerprint density at radius 1 is 1.09 bits per heavy atom. The molecular weight excluding hydrogens is 288 g/mol. The molecule has 23 heavy (non-hydrogen) atoms. The van der Waals surface area contributed by atoms with Crippen LogP contribution < -0.4 is 10.1 Å². The van der Waals surface area contributed by atoms with Gasteiger partial charge in [0.15, 0.2) is 0 Å². The van der Waals surface area contributed by atoms with Gasteiger partial charge >= 0.3 is 0 Å². The fraction of sp³-hybridized carbons (Fsp3) is 0.316. The summed E-state index contributed by atoms with van der Waals surface area (Å²) in [4.78, 5) is 14.8. The molecule has 1 heterocycles. The fourth-order valence-corrected chi connectivity index (χ4v) is 3.00. The molecule has 0 unspecified atom stereocenters. The Hall–Kier alpha value is -2.49. The molecular formula is C19H22N2O2. The lowest BCUT2D eigenvalue weighted by Gasteiger charge is -2.38. The minimum Gasteiger partial charge on any atom is -0.493 e. The number of nitrogens with one attached hydrogen (secondary N) is 1. The highest BCUT2D eigenvalue weighted by atomic mass is 16.5. The van der Waals surface area contributed by atoms with Gasteiger partial charge in [0.1, 0.15) is 11.9 Å². The maximum absolute atomic E-state index is 12.9. The molecule has 4 heteroatoms. The summed E-state index contributed by atoms with van der Waals surface area (Å²) in [5, 5.41) is 3.50. The zero-order valence-corrected chi connectivity index (χ0v) is 13.6. The van der Waals surface area contributed by atoms with E-state index in [-0.39, 0.29) is 12.1 Å². The van der Waals surface area contributed by atoms with Crippen LogP contribution in [0, 0.1) is 0 Å². The molecule has 0 fully saturated rings. The van der Waals surface area contributed by atoms with Gasteiger partial charge in [0.05, 0.1) is 12.2 Å². The molecule has 1 atom stereocenters. The summed E-state index contributed by atoms with van der Waals surface area (Å²) in [5.74, 6) is 0.887. The van der Waals surface area contributed by atoms with Crippen molar-refractivity contribution in [2.75, 3.05) is 18.5 Å². The summed E-state index contributed by atoms with van der Waals surface area (Å²) in [5.41, 5.74) is 2.60. The van der Waals surface area contributed by atoms with Gasteiger partial charge in [0.25, 0.3) is 5.91 Å². The van der Waals surface area contributed by atoms with E-state index in [0.29, 0.717) is 13.2 Å². The van der Waals surface area contributed by atoms with Gasteiger partial charge in [-0.1, -0.05) is 37.3 Å². The van der Waals surface area contributed by atoms with Gasteiger partial charge in [0, 0.05) is 17.8 Å². The van der Waals surface area contributed by atoms with E-state index in [2.05, 4.69) is 12.2 Å². The molecule has 0 aromatic heterocycles. The molecule has 0 spiro atoms. The van der Waals surface area contributed by atoms with E-state index in [1.54, 1.807) is 0 Å². The molecule has 1 aliphatic rings. The van der Waals surface area contributed by atoms with Gasteiger partial charge in [-0.15, -0.1) is 0 Å². The van der Waals surface area contributed by atoms with Crippen molar-refractivity contribution in [1.29, 1.82) is 0 Å². The van der Waals surface area contributed by atoms with E-state index in [9.17, 15) is 4.79 Å². The van der Waals surface area contributed by atoms with Crippen molar-refractivity contribution in [1.82, 2.24) is 4.90 Å². The minimum atomic E-state index is -0.208. The van der Waals surface area contributed by atoms with E-state index in [1.807, 2.05) is 60.4 Å². The molecule has 0 bridgehead atoms. The standard InChI is InChI=1S/C19H22N2O2/c1-3-13-21-18(15-10-6-8-12-17(15)23-4-2)20-16-11-7-5-9-14(16)19(21)22/h5-12,18,20H,3-4,13H2,1-2H3/t18-/m1/s1. The predicted molar refractivity (Wildman–Crippen MR) is 91.7 cm³/mol. The topological polar surface area (TPSA) is 41.6 Å². The van der Waals surface area contributed by atoms with Gasteiger partial charge in [-0.2, -0.15) is 0 Å². The van der Waals surface area contributed by atoms with Gasteiger partial charge in [-0.25, -0.2) is 0 Å². The molecule has 0 saturated carbocycles. The summed E-state index contributed by atoms with van der Waals surface area (Å²) < 4.78 is 5.76. The van der Waals surface area contributed by atoms with E-state index in [1.165, 1.54) is 0 Å². The zero-order chi connectivity index (χ0) is 16.2. The average Bonchev–Trinajstić information content (AvgIpc) is 2.58. The van der Waals surface area contributed by atoms with E-state index in [4.69, 9.17) is 4.74 Å². The highest BCUT2D eigenvalue weighted by molar-refractivity contribution is 6.01. The molecule has 4 nitrogen and oxygen atoms in total. The van der Waals surface area contributed by atoms with Crippen molar-refractivity contribution in [2.45, 2.75) is 26.4 Å². The van der Waals surface area contributed by atoms with Crippen molar-refractivity contribution in [3.8, 4) is 5.75 Å². The Labute approximate surface area is 137 Å². The molecule has 120 valence electrons. The maximum Gasteiger partial charge on any atom is 0.257 e. The summed E-state index contributed by atoms with van der Waals surface area (Å²) in [6, 6.07) is 15.6. The Bertz CT molecular complexity index is 699. The lowest BCUT2D eigenvalue weighted by Crippen LogP contribution is -2.43. The number of fused-ring (bicyclic) bond motifs is 1. The average molecular weight is 310 g/mol. The number of hydrogen-bond acceptors (Lipinski definition) is 3. The van der Waals surface area contributed by atoms with Crippen molar-refractivity contribution in [3.05, 3.63) is 59.7 Å². The molecule has 0 aliphatic carbocycles. The predicted octanol–water partition coefficient (Wildman–Crippen LogP) is 4.06. The zero-order valence-electron chi connectivity index (χ0n) is 13.6. The second kappa shape index (κ2) is 6.73. The number of rotatable bonds is 5. The van der Waals surface area contributed by atoms with Crippen molar-refractivity contribution < 1.29 is 9.53 Å². The Balaban J connectivity index is 2.05. The third-order valence-corrected chi connectivity index (χ3v) is 4.00. The van der Waals surface area contributed by atoms with Crippen molar-refractivity contribution >= 4 is 11.6 Å². The third-order valence-electron chi connectivity index (χ3n) is 4.00. The first-order valence-corrected chi connectivity index (χ1v) is 8.14. The first-order chi connectivity index (χ1) is 11.3. The summed E-state index contributed by atoms with van der Waals surface area (Å²) in [6.07, 6.45) is 0.697. The fourth-order valence-electron chi connectivity index (χ4n) is 3.00. The molecule has 2 aromatic carbocycles. The smallest absolute Gasteiger partial charge is 0.257 e. The monoisotopic (exact) mass is 310 g/mol. The normalized spacial score (nSPS) is 16.7. The quantitative estimate of drug-likeness (QED) is 0.905. The van der Waals surface area contributed by atoms with Crippen LogP contribution in [0.3, 0.4) is 0 Å². The van der Waals surface area contributed by atoms with Crippen LogP contribution in [0.25, 0.3) is 0 Å². The molecule has 1 aliphatic heterocycles. The summed E-state index contributed by atoms with van der Waals surface area (Å²) in [7, 11) is 0. The number of anilines is 1. The maximum atomic E-state index is 12.9. The molecule has 0 saturated heterocycles. The largest absolute Gasteiger partial charge is 0.493 e. The lowest BCUT2D eigenvalue weighted by molar-refractivity contribution is 0.0681. The number of amides is 1. The highest BCUT2D eigenvalue weighted by Gasteiger charge is 2.33. The van der Waals surface area contributed by atoms with Crippen LogP contribution in [-0.2, 0) is 0 Å². The van der Waals surface area contributed by atoms with Gasteiger partial charge in [-0.05, 0) is 31.5 Å². The number of benzene rings is 2. The van der Waals surface area contributed by atoms with Crippen LogP contribution in [0.15, 0.2) is 48.5 Å². The van der Waals surface area contributed by atoms with Crippen LogP contribution in [-0.4, -0.2) is 24.0 Å². The molecule has 3 rings (SSSR count). The Morgan fingerprint density at radius 3 is 2.61 bits per heavy atom. The van der Waals surface area contributed by atoms with Crippen LogP contribution in [0.5, 0.6) is 5.75 Å². The first kappa shape index (κ1) is 15.4. The number of carbonyl (C=O) groups excluding carboxylic acids is 1. The van der Waals surface area contributed by atoms with E-state index < -0.39 is 0 Å². The van der Waals surface area contributed by atoms with Gasteiger partial charge in [-0.3, -0.25) is 4.79 Å². The van der Waals surface area contributed by atoms with Gasteiger partial charge in [0.2, 0.25) is 0 Å². The molecule has 0 radical (unpaired) electrons. The highest BCUT2D eigenvalue weighted by Crippen LogP contribution is 2.36. The van der Waals surface area contributed by atoms with Crippen molar-refractivity contribution in [3.63, 3.8) is 0 Å². The first-order valence-electron chi connectivity index (χ1n) is 8.14. The second-order valence-corrected chi connectivity index (χ2v) is 5.56. The third kappa shape index (κ3) is 2.89. The minimum absolute atomic E-state index is 0.0671. The second-order valence-electron chi connectivity index (χ2n) is 5.56. The molecule has 1 N–H and O–H groups in total. The van der Waals surface area contributed by atoms with E-state index in [0.717, 1.165) is 29.0 Å². The Morgan fingerprint density at radius 2 is 1.83 bits per heavy atom. The van der Waals surface area contributed by atoms with Gasteiger partial charge < -0.3 is 15.0 Å². The number of ether oxygens (including phenoxy) is 1. The number of para-hydroxylation sites is 2.